The fraction of sp³-hybridized carbons (Fsp3) is 0.263. The number of anilines is 2. The van der Waals surface area contributed by atoms with Gasteiger partial charge in [-0.2, -0.15) is 0 Å². The molecule has 0 aliphatic rings. The molecule has 0 spiro atoms. The number of hydrogen-bond acceptors (Lipinski definition) is 3. The Morgan fingerprint density at radius 1 is 1.04 bits per heavy atom. The first-order chi connectivity index (χ1) is 11.9. The van der Waals surface area contributed by atoms with E-state index in [0.717, 1.165) is 4.47 Å². The highest BCUT2D eigenvalue weighted by Crippen LogP contribution is 2.24. The van der Waals surface area contributed by atoms with Crippen LogP contribution in [-0.2, 0) is 4.79 Å². The Hall–Kier alpha value is -2.34. The van der Waals surface area contributed by atoms with Crippen molar-refractivity contribution < 1.29 is 14.3 Å². The molecular weight excluding hydrogens is 384 g/mol. The van der Waals surface area contributed by atoms with Gasteiger partial charge in [0.1, 0.15) is 5.75 Å². The summed E-state index contributed by atoms with van der Waals surface area (Å²) in [7, 11) is 1.52. The molecule has 6 heteroatoms. The number of benzene rings is 2. The minimum Gasteiger partial charge on any atom is -0.496 e. The van der Waals surface area contributed by atoms with Crippen LogP contribution in [0.3, 0.4) is 0 Å². The molecule has 25 heavy (non-hydrogen) atoms. The molecule has 0 saturated heterocycles. The van der Waals surface area contributed by atoms with Crippen molar-refractivity contribution in [3.63, 3.8) is 0 Å². The Morgan fingerprint density at radius 2 is 1.64 bits per heavy atom. The third kappa shape index (κ3) is 5.60. The van der Waals surface area contributed by atoms with Gasteiger partial charge in [0, 0.05) is 22.3 Å². The predicted octanol–water partition coefficient (Wildman–Crippen LogP) is 4.69. The van der Waals surface area contributed by atoms with Crippen molar-refractivity contribution in [1.29, 1.82) is 0 Å². The topological polar surface area (TPSA) is 67.4 Å². The Balaban J connectivity index is 2.05. The lowest BCUT2D eigenvalue weighted by Gasteiger charge is -2.11. The Labute approximate surface area is 155 Å². The van der Waals surface area contributed by atoms with E-state index in [0.29, 0.717) is 35.0 Å². The molecule has 0 bridgehead atoms. The number of hydrogen-bond donors (Lipinski definition) is 2. The van der Waals surface area contributed by atoms with Crippen LogP contribution < -0.4 is 15.4 Å². The van der Waals surface area contributed by atoms with E-state index < -0.39 is 0 Å². The number of nitrogens with one attached hydrogen (secondary N) is 2. The highest BCUT2D eigenvalue weighted by Gasteiger charge is 2.13. The number of amides is 2. The van der Waals surface area contributed by atoms with Crippen LogP contribution in [0.4, 0.5) is 11.4 Å². The van der Waals surface area contributed by atoms with Crippen molar-refractivity contribution in [2.75, 3.05) is 17.7 Å². The summed E-state index contributed by atoms with van der Waals surface area (Å²) in [5, 5.41) is 5.65. The van der Waals surface area contributed by atoms with E-state index in [4.69, 9.17) is 4.74 Å². The first kappa shape index (κ1) is 19.0. The molecule has 0 atom stereocenters. The van der Waals surface area contributed by atoms with Gasteiger partial charge >= 0.3 is 0 Å². The summed E-state index contributed by atoms with van der Waals surface area (Å²) in [6, 6.07) is 12.2. The summed E-state index contributed by atoms with van der Waals surface area (Å²) in [4.78, 5) is 24.2. The number of carbonyl (C=O) groups excluding carboxylic acids is 2. The molecule has 0 aliphatic heterocycles. The normalized spacial score (nSPS) is 10.4. The van der Waals surface area contributed by atoms with Crippen molar-refractivity contribution in [1.82, 2.24) is 0 Å². The standard InChI is InChI=1S/C19H21BrN2O3/c1-12(2)10-18(23)21-14-5-7-15(8-6-14)22-19(24)16-11-13(20)4-9-17(16)25-3/h4-9,11-12H,10H2,1-3H3,(H,21,23)(H,22,24). The van der Waals surface area contributed by atoms with Crippen molar-refractivity contribution in [2.45, 2.75) is 20.3 Å². The number of rotatable bonds is 6. The minimum absolute atomic E-state index is 0.0225. The third-order valence-electron chi connectivity index (χ3n) is 3.43. The molecule has 2 rings (SSSR count). The van der Waals surface area contributed by atoms with Gasteiger partial charge in [0.05, 0.1) is 12.7 Å². The number of halogens is 1. The maximum Gasteiger partial charge on any atom is 0.259 e. The van der Waals surface area contributed by atoms with Crippen LogP contribution in [0.5, 0.6) is 5.75 Å². The van der Waals surface area contributed by atoms with Crippen molar-refractivity contribution in [2.24, 2.45) is 5.92 Å². The molecule has 2 amide bonds. The second-order valence-corrected chi connectivity index (χ2v) is 6.94. The SMILES string of the molecule is COc1ccc(Br)cc1C(=O)Nc1ccc(NC(=O)CC(C)C)cc1. The Kier molecular flexibility index (Phi) is 6.58. The second kappa shape index (κ2) is 8.67. The molecule has 0 radical (unpaired) electrons. The maximum absolute atomic E-state index is 12.4. The van der Waals surface area contributed by atoms with Crippen LogP contribution in [0.25, 0.3) is 0 Å². The fourth-order valence-corrected chi connectivity index (χ4v) is 2.64. The molecule has 0 unspecified atom stereocenters. The molecule has 0 heterocycles. The van der Waals surface area contributed by atoms with Crippen LogP contribution in [0.1, 0.15) is 30.6 Å². The molecule has 0 aliphatic carbocycles. The van der Waals surface area contributed by atoms with E-state index in [9.17, 15) is 9.59 Å². The quantitative estimate of drug-likeness (QED) is 0.733. The van der Waals surface area contributed by atoms with Crippen molar-refractivity contribution in [3.05, 3.63) is 52.5 Å². The summed E-state index contributed by atoms with van der Waals surface area (Å²) in [5.74, 6) is 0.511. The van der Waals surface area contributed by atoms with E-state index in [2.05, 4.69) is 26.6 Å². The highest BCUT2D eigenvalue weighted by atomic mass is 79.9. The van der Waals surface area contributed by atoms with Crippen molar-refractivity contribution in [3.8, 4) is 5.75 Å². The van der Waals surface area contributed by atoms with Gasteiger partial charge in [-0.25, -0.2) is 0 Å². The molecule has 2 aromatic carbocycles. The Bertz CT molecular complexity index is 758. The third-order valence-corrected chi connectivity index (χ3v) is 3.92. The van der Waals surface area contributed by atoms with Gasteiger partial charge in [-0.1, -0.05) is 29.8 Å². The monoisotopic (exact) mass is 404 g/mol. The van der Waals surface area contributed by atoms with Crippen LogP contribution in [0.2, 0.25) is 0 Å². The zero-order chi connectivity index (χ0) is 18.4. The van der Waals surface area contributed by atoms with Gasteiger partial charge in [0.2, 0.25) is 5.91 Å². The molecular formula is C19H21BrN2O3. The Morgan fingerprint density at radius 3 is 2.20 bits per heavy atom. The zero-order valence-corrected chi connectivity index (χ0v) is 16.0. The van der Waals surface area contributed by atoms with Crippen molar-refractivity contribution >= 4 is 39.1 Å². The summed E-state index contributed by atoms with van der Waals surface area (Å²) < 4.78 is 6.02. The molecule has 132 valence electrons. The van der Waals surface area contributed by atoms with E-state index in [-0.39, 0.29) is 11.8 Å². The van der Waals surface area contributed by atoms with Gasteiger partial charge < -0.3 is 15.4 Å². The summed E-state index contributed by atoms with van der Waals surface area (Å²) in [5.41, 5.74) is 1.77. The molecule has 0 saturated carbocycles. The smallest absolute Gasteiger partial charge is 0.259 e. The minimum atomic E-state index is -0.269. The van der Waals surface area contributed by atoms with Gasteiger partial charge in [-0.3, -0.25) is 9.59 Å². The largest absolute Gasteiger partial charge is 0.496 e. The second-order valence-electron chi connectivity index (χ2n) is 6.02. The number of carbonyl (C=O) groups is 2. The molecule has 0 fully saturated rings. The lowest BCUT2D eigenvalue weighted by Crippen LogP contribution is -2.14. The fourth-order valence-electron chi connectivity index (χ4n) is 2.28. The molecule has 5 nitrogen and oxygen atoms in total. The van der Waals surface area contributed by atoms with E-state index >= 15 is 0 Å². The van der Waals surface area contributed by atoms with E-state index in [1.54, 1.807) is 36.4 Å². The number of methoxy groups -OCH3 is 1. The summed E-state index contributed by atoms with van der Waals surface area (Å²) in [6.07, 6.45) is 0.473. The van der Waals surface area contributed by atoms with Gasteiger partial charge in [-0.05, 0) is 48.4 Å². The first-order valence-corrected chi connectivity index (χ1v) is 8.73. The number of ether oxygens (including phenoxy) is 1. The summed E-state index contributed by atoms with van der Waals surface area (Å²) >= 11 is 3.35. The van der Waals surface area contributed by atoms with Gasteiger partial charge in [-0.15, -0.1) is 0 Å². The highest BCUT2D eigenvalue weighted by molar-refractivity contribution is 9.10. The lowest BCUT2D eigenvalue weighted by atomic mass is 10.1. The van der Waals surface area contributed by atoms with Crippen LogP contribution in [0.15, 0.2) is 46.9 Å². The zero-order valence-electron chi connectivity index (χ0n) is 14.4. The molecule has 2 N–H and O–H groups in total. The molecule has 0 aromatic heterocycles. The average molecular weight is 405 g/mol. The van der Waals surface area contributed by atoms with Crippen LogP contribution in [-0.4, -0.2) is 18.9 Å². The van der Waals surface area contributed by atoms with E-state index in [1.165, 1.54) is 7.11 Å². The van der Waals surface area contributed by atoms with Crippen LogP contribution >= 0.6 is 15.9 Å². The lowest BCUT2D eigenvalue weighted by molar-refractivity contribution is -0.116. The van der Waals surface area contributed by atoms with Gasteiger partial charge in [0.15, 0.2) is 0 Å². The van der Waals surface area contributed by atoms with Gasteiger partial charge in [0.25, 0.3) is 5.91 Å². The predicted molar refractivity (Wildman–Crippen MR) is 103 cm³/mol. The first-order valence-electron chi connectivity index (χ1n) is 7.94. The van der Waals surface area contributed by atoms with E-state index in [1.807, 2.05) is 19.9 Å². The summed E-state index contributed by atoms with van der Waals surface area (Å²) in [6.45, 7) is 3.99. The maximum atomic E-state index is 12.4. The molecule has 2 aromatic rings. The van der Waals surface area contributed by atoms with Crippen LogP contribution in [0, 0.1) is 5.92 Å². The average Bonchev–Trinajstić information content (AvgIpc) is 2.55.